The monoisotopic (exact) mass is 185 g/mol. The maximum absolute atomic E-state index is 4.51. The molecule has 0 unspecified atom stereocenters. The van der Waals surface area contributed by atoms with Gasteiger partial charge in [0.05, 0.1) is 12.3 Å². The van der Waals surface area contributed by atoms with Crippen LogP contribution in [0.25, 0.3) is 0 Å². The summed E-state index contributed by atoms with van der Waals surface area (Å²) in [4.78, 5) is 4.51. The van der Waals surface area contributed by atoms with Gasteiger partial charge in [-0.05, 0) is 30.6 Å². The molecule has 0 saturated heterocycles. The number of aliphatic imine (C=N–C) groups is 1. The smallest absolute Gasteiger partial charge is 0.0650 e. The van der Waals surface area contributed by atoms with Crippen molar-refractivity contribution in [2.75, 3.05) is 6.54 Å². The summed E-state index contributed by atoms with van der Waals surface area (Å²) in [5.41, 5.74) is 5.11. The van der Waals surface area contributed by atoms with Crippen LogP contribution in [0.3, 0.4) is 0 Å². The van der Waals surface area contributed by atoms with Crippen LogP contribution in [0.4, 0.5) is 0 Å². The van der Waals surface area contributed by atoms with Crippen molar-refractivity contribution in [1.29, 1.82) is 0 Å². The van der Waals surface area contributed by atoms with Crippen molar-refractivity contribution in [3.8, 4) is 0 Å². The van der Waals surface area contributed by atoms with Crippen LogP contribution in [-0.4, -0.2) is 12.3 Å². The van der Waals surface area contributed by atoms with Crippen LogP contribution in [0.15, 0.2) is 40.9 Å². The van der Waals surface area contributed by atoms with Crippen molar-refractivity contribution in [1.82, 2.24) is 0 Å². The molecule has 1 heteroatoms. The van der Waals surface area contributed by atoms with Gasteiger partial charge >= 0.3 is 0 Å². The lowest BCUT2D eigenvalue weighted by molar-refractivity contribution is 1.03. The lowest BCUT2D eigenvalue weighted by Gasteiger charge is -1.98. The molecule has 0 spiro atoms. The second kappa shape index (κ2) is 3.79. The van der Waals surface area contributed by atoms with E-state index in [1.165, 1.54) is 16.7 Å². The molecule has 1 aromatic rings. The number of aryl methyl sites for hydroxylation is 1. The van der Waals surface area contributed by atoms with Crippen molar-refractivity contribution in [3.63, 3.8) is 0 Å². The van der Waals surface area contributed by atoms with E-state index in [0.717, 1.165) is 18.7 Å². The van der Waals surface area contributed by atoms with Gasteiger partial charge in [0.15, 0.2) is 0 Å². The van der Waals surface area contributed by atoms with Gasteiger partial charge in [-0.1, -0.05) is 36.8 Å². The molecule has 1 heterocycles. The van der Waals surface area contributed by atoms with Gasteiger partial charge < -0.3 is 0 Å². The molecule has 0 fully saturated rings. The Morgan fingerprint density at radius 1 is 1.21 bits per heavy atom. The average molecular weight is 185 g/mol. The Hall–Kier alpha value is -1.37. The van der Waals surface area contributed by atoms with Crippen LogP contribution in [0.2, 0.25) is 0 Å². The molecular formula is C13H15N. The van der Waals surface area contributed by atoms with Crippen LogP contribution in [0, 0.1) is 6.92 Å². The molecule has 14 heavy (non-hydrogen) atoms. The van der Waals surface area contributed by atoms with E-state index in [1.54, 1.807) is 0 Å². The predicted molar refractivity (Wildman–Crippen MR) is 61.0 cm³/mol. The van der Waals surface area contributed by atoms with Gasteiger partial charge in [0.25, 0.3) is 0 Å². The fraction of sp³-hybridized carbons (Fsp3) is 0.308. The van der Waals surface area contributed by atoms with Crippen LogP contribution in [0.5, 0.6) is 0 Å². The SMILES string of the molecule is CCC1=CC(c2ccc(C)cc2)=NC1. The summed E-state index contributed by atoms with van der Waals surface area (Å²) in [5, 5.41) is 0. The van der Waals surface area contributed by atoms with Crippen LogP contribution in [0.1, 0.15) is 24.5 Å². The first-order chi connectivity index (χ1) is 6.79. The minimum Gasteiger partial charge on any atom is -0.280 e. The van der Waals surface area contributed by atoms with Gasteiger partial charge in [0.1, 0.15) is 0 Å². The maximum atomic E-state index is 4.51. The van der Waals surface area contributed by atoms with Gasteiger partial charge in [0.2, 0.25) is 0 Å². The molecule has 72 valence electrons. The normalized spacial score (nSPS) is 15.3. The van der Waals surface area contributed by atoms with Crippen LogP contribution in [-0.2, 0) is 0 Å². The minimum atomic E-state index is 0.889. The lowest BCUT2D eigenvalue weighted by Crippen LogP contribution is -1.93. The van der Waals surface area contributed by atoms with Crippen molar-refractivity contribution < 1.29 is 0 Å². The van der Waals surface area contributed by atoms with Gasteiger partial charge in [-0.15, -0.1) is 0 Å². The highest BCUT2D eigenvalue weighted by atomic mass is 14.8. The average Bonchev–Trinajstić information content (AvgIpc) is 2.67. The fourth-order valence-electron chi connectivity index (χ4n) is 1.58. The molecule has 1 aliphatic heterocycles. The van der Waals surface area contributed by atoms with Gasteiger partial charge in [-0.25, -0.2) is 0 Å². The highest BCUT2D eigenvalue weighted by Crippen LogP contribution is 2.14. The van der Waals surface area contributed by atoms with Crippen LogP contribution < -0.4 is 0 Å². The molecule has 1 aromatic carbocycles. The van der Waals surface area contributed by atoms with E-state index in [4.69, 9.17) is 0 Å². The first-order valence-corrected chi connectivity index (χ1v) is 5.10. The van der Waals surface area contributed by atoms with Crippen molar-refractivity contribution in [2.45, 2.75) is 20.3 Å². The number of hydrogen-bond acceptors (Lipinski definition) is 1. The third kappa shape index (κ3) is 1.77. The quantitative estimate of drug-likeness (QED) is 0.671. The lowest BCUT2D eigenvalue weighted by atomic mass is 10.1. The van der Waals surface area contributed by atoms with E-state index in [9.17, 15) is 0 Å². The van der Waals surface area contributed by atoms with E-state index in [2.05, 4.69) is 49.2 Å². The zero-order valence-corrected chi connectivity index (χ0v) is 8.75. The molecule has 2 rings (SSSR count). The number of rotatable bonds is 2. The van der Waals surface area contributed by atoms with Crippen molar-refractivity contribution in [2.24, 2.45) is 4.99 Å². The molecule has 0 N–H and O–H groups in total. The summed E-state index contributed by atoms with van der Waals surface area (Å²) in [6.45, 7) is 5.17. The zero-order chi connectivity index (χ0) is 9.97. The highest BCUT2D eigenvalue weighted by molar-refractivity contribution is 6.10. The Morgan fingerprint density at radius 3 is 2.50 bits per heavy atom. The molecular weight excluding hydrogens is 170 g/mol. The van der Waals surface area contributed by atoms with E-state index in [0.29, 0.717) is 0 Å². The fourth-order valence-corrected chi connectivity index (χ4v) is 1.58. The number of allylic oxidation sites excluding steroid dienone is 1. The number of hydrogen-bond donors (Lipinski definition) is 0. The van der Waals surface area contributed by atoms with E-state index in [1.807, 2.05) is 0 Å². The van der Waals surface area contributed by atoms with E-state index < -0.39 is 0 Å². The van der Waals surface area contributed by atoms with Crippen molar-refractivity contribution >= 4 is 5.71 Å². The summed E-state index contributed by atoms with van der Waals surface area (Å²) in [5.74, 6) is 0. The first kappa shape index (κ1) is 9.20. The summed E-state index contributed by atoms with van der Waals surface area (Å²) >= 11 is 0. The molecule has 0 aromatic heterocycles. The molecule has 0 bridgehead atoms. The Kier molecular flexibility index (Phi) is 2.49. The third-order valence-electron chi connectivity index (χ3n) is 2.59. The van der Waals surface area contributed by atoms with Crippen molar-refractivity contribution in [3.05, 3.63) is 47.0 Å². The van der Waals surface area contributed by atoms with Crippen LogP contribution >= 0.6 is 0 Å². The summed E-state index contributed by atoms with van der Waals surface area (Å²) in [7, 11) is 0. The number of benzene rings is 1. The Morgan fingerprint density at radius 2 is 1.93 bits per heavy atom. The second-order valence-corrected chi connectivity index (χ2v) is 3.72. The van der Waals surface area contributed by atoms with E-state index in [-0.39, 0.29) is 0 Å². The second-order valence-electron chi connectivity index (χ2n) is 3.72. The largest absolute Gasteiger partial charge is 0.280 e. The molecule has 0 aliphatic carbocycles. The summed E-state index contributed by atoms with van der Waals surface area (Å²) in [6.07, 6.45) is 3.32. The molecule has 0 amide bonds. The zero-order valence-electron chi connectivity index (χ0n) is 8.75. The standard InChI is InChI=1S/C13H15N/c1-3-11-8-13(14-9-11)12-6-4-10(2)5-7-12/h4-8H,3,9H2,1-2H3. The number of nitrogens with zero attached hydrogens (tertiary/aromatic N) is 1. The van der Waals surface area contributed by atoms with Gasteiger partial charge in [0, 0.05) is 0 Å². The third-order valence-corrected chi connectivity index (χ3v) is 2.59. The summed E-state index contributed by atoms with van der Waals surface area (Å²) < 4.78 is 0. The molecule has 1 aliphatic rings. The molecule has 0 atom stereocenters. The molecule has 0 saturated carbocycles. The van der Waals surface area contributed by atoms with Gasteiger partial charge in [-0.3, -0.25) is 4.99 Å². The molecule has 1 nitrogen and oxygen atoms in total. The van der Waals surface area contributed by atoms with E-state index >= 15 is 0 Å². The maximum Gasteiger partial charge on any atom is 0.0650 e. The summed E-state index contributed by atoms with van der Waals surface area (Å²) in [6, 6.07) is 8.55. The minimum absolute atomic E-state index is 0.889. The highest BCUT2D eigenvalue weighted by Gasteiger charge is 2.07. The molecule has 0 radical (unpaired) electrons. The Balaban J connectivity index is 2.25. The topological polar surface area (TPSA) is 12.4 Å². The Bertz CT molecular complexity index is 382. The van der Waals surface area contributed by atoms with Gasteiger partial charge in [-0.2, -0.15) is 0 Å². The first-order valence-electron chi connectivity index (χ1n) is 5.10. The Labute approximate surface area is 85.2 Å². The predicted octanol–water partition coefficient (Wildman–Crippen LogP) is 3.13.